The van der Waals surface area contributed by atoms with E-state index in [1.165, 1.54) is 4.31 Å². The van der Waals surface area contributed by atoms with Crippen molar-refractivity contribution in [1.82, 2.24) is 4.31 Å². The lowest BCUT2D eigenvalue weighted by Crippen LogP contribution is -2.28. The first-order valence-corrected chi connectivity index (χ1v) is 5.78. The van der Waals surface area contributed by atoms with Crippen LogP contribution in [0.15, 0.2) is 0 Å². The number of hydrogen-bond acceptors (Lipinski definition) is 2. The van der Waals surface area contributed by atoms with Crippen LogP contribution in [0.4, 0.5) is 0 Å². The fraction of sp³-hybridized carbons (Fsp3) is 1.00. The summed E-state index contributed by atoms with van der Waals surface area (Å²) in [6.07, 6.45) is 1.36. The Morgan fingerprint density at radius 3 is 1.83 bits per heavy atom. The molecule has 0 rings (SSSR count). The van der Waals surface area contributed by atoms with E-state index in [2.05, 4.69) is 0 Å². The summed E-state index contributed by atoms with van der Waals surface area (Å²) in [4.78, 5) is 0. The van der Waals surface area contributed by atoms with E-state index in [9.17, 15) is 8.76 Å². The third kappa shape index (κ3) is 6.20. The predicted molar refractivity (Wildman–Crippen MR) is 51.2 cm³/mol. The van der Waals surface area contributed by atoms with Gasteiger partial charge in [0.05, 0.1) is 0 Å². The second-order valence-corrected chi connectivity index (χ2v) is 3.94. The molecular weight excluding hydrogens is 221 g/mol. The van der Waals surface area contributed by atoms with E-state index in [4.69, 9.17) is 23.2 Å². The number of halogens is 2. The zero-order chi connectivity index (χ0) is 9.40. The highest BCUT2D eigenvalue weighted by molar-refractivity contribution is 7.76. The Morgan fingerprint density at radius 1 is 1.17 bits per heavy atom. The van der Waals surface area contributed by atoms with Gasteiger partial charge in [-0.25, -0.2) is 4.31 Å². The summed E-state index contributed by atoms with van der Waals surface area (Å²) in [5.41, 5.74) is 0. The molecule has 0 aliphatic heterocycles. The van der Waals surface area contributed by atoms with Crippen molar-refractivity contribution in [3.8, 4) is 0 Å². The van der Waals surface area contributed by atoms with Crippen LogP contribution in [0.1, 0.15) is 12.8 Å². The number of hydrogen-bond donors (Lipinski definition) is 0. The van der Waals surface area contributed by atoms with Gasteiger partial charge in [-0.15, -0.1) is 23.2 Å². The van der Waals surface area contributed by atoms with Crippen molar-refractivity contribution in [2.24, 2.45) is 0 Å². The maximum Gasteiger partial charge on any atom is 0.0235 e. The van der Waals surface area contributed by atoms with Crippen molar-refractivity contribution < 1.29 is 8.76 Å². The minimum Gasteiger partial charge on any atom is -0.760 e. The Labute approximate surface area is 85.4 Å². The van der Waals surface area contributed by atoms with Gasteiger partial charge in [-0.3, -0.25) is 4.21 Å². The molecule has 0 aromatic carbocycles. The molecule has 0 aromatic heterocycles. The van der Waals surface area contributed by atoms with Gasteiger partial charge < -0.3 is 4.55 Å². The van der Waals surface area contributed by atoms with Crippen LogP contribution in [0.5, 0.6) is 0 Å². The van der Waals surface area contributed by atoms with E-state index in [0.29, 0.717) is 37.7 Å². The van der Waals surface area contributed by atoms with Gasteiger partial charge in [0.1, 0.15) is 0 Å². The Bertz CT molecular complexity index is 129. The Kier molecular flexibility index (Phi) is 8.70. The standard InChI is InChI=1S/C6H13Cl2NO2S/c7-3-1-5-9(12(10)11)6-2-4-8/h1-6H2,(H,10,11)/p-1. The molecule has 0 spiro atoms. The van der Waals surface area contributed by atoms with Gasteiger partial charge in [0, 0.05) is 36.1 Å². The van der Waals surface area contributed by atoms with Gasteiger partial charge in [0.2, 0.25) is 0 Å². The van der Waals surface area contributed by atoms with Gasteiger partial charge in [0.25, 0.3) is 0 Å². The summed E-state index contributed by atoms with van der Waals surface area (Å²) >= 11 is 8.72. The zero-order valence-corrected chi connectivity index (χ0v) is 9.00. The lowest BCUT2D eigenvalue weighted by atomic mass is 10.4. The Balaban J connectivity index is 3.62. The average molecular weight is 233 g/mol. The van der Waals surface area contributed by atoms with Gasteiger partial charge in [0.15, 0.2) is 0 Å². The van der Waals surface area contributed by atoms with Gasteiger partial charge in [-0.1, -0.05) is 0 Å². The minimum atomic E-state index is -2.14. The van der Waals surface area contributed by atoms with Crippen molar-refractivity contribution >= 4 is 34.5 Å². The molecule has 6 heteroatoms. The Hall–Kier alpha value is 0.650. The number of alkyl halides is 2. The van der Waals surface area contributed by atoms with Crippen LogP contribution in [0.3, 0.4) is 0 Å². The summed E-state index contributed by atoms with van der Waals surface area (Å²) in [6.45, 7) is 0.965. The van der Waals surface area contributed by atoms with Crippen molar-refractivity contribution in [2.75, 3.05) is 24.8 Å². The quantitative estimate of drug-likeness (QED) is 0.492. The van der Waals surface area contributed by atoms with Gasteiger partial charge in [-0.2, -0.15) is 0 Å². The van der Waals surface area contributed by atoms with Crippen molar-refractivity contribution in [3.05, 3.63) is 0 Å². The van der Waals surface area contributed by atoms with Crippen LogP contribution < -0.4 is 0 Å². The molecule has 0 N–H and O–H groups in total. The molecule has 74 valence electrons. The highest BCUT2D eigenvalue weighted by Crippen LogP contribution is 1.99. The first-order chi connectivity index (χ1) is 5.72. The highest BCUT2D eigenvalue weighted by Gasteiger charge is 2.03. The van der Waals surface area contributed by atoms with Crippen LogP contribution in [0, 0.1) is 0 Å². The normalized spacial score (nSPS) is 13.7. The zero-order valence-electron chi connectivity index (χ0n) is 6.67. The maximum absolute atomic E-state index is 10.6. The van der Waals surface area contributed by atoms with Crippen LogP contribution in [-0.2, 0) is 11.3 Å². The van der Waals surface area contributed by atoms with E-state index in [0.717, 1.165) is 0 Å². The van der Waals surface area contributed by atoms with Crippen LogP contribution in [0.2, 0.25) is 0 Å². The van der Waals surface area contributed by atoms with E-state index >= 15 is 0 Å². The fourth-order valence-corrected chi connectivity index (χ4v) is 1.53. The van der Waals surface area contributed by atoms with Crippen LogP contribution >= 0.6 is 23.2 Å². The van der Waals surface area contributed by atoms with E-state index in [1.807, 2.05) is 0 Å². The molecule has 0 radical (unpaired) electrons. The fourth-order valence-electron chi connectivity index (χ4n) is 0.733. The Morgan fingerprint density at radius 2 is 1.58 bits per heavy atom. The molecule has 1 atom stereocenters. The third-order valence-electron chi connectivity index (χ3n) is 1.29. The van der Waals surface area contributed by atoms with Gasteiger partial charge in [-0.05, 0) is 12.8 Å². The minimum absolute atomic E-state index is 0.481. The summed E-state index contributed by atoms with van der Waals surface area (Å²) in [5.74, 6) is 0.961. The predicted octanol–water partition coefficient (Wildman–Crippen LogP) is 1.34. The molecule has 12 heavy (non-hydrogen) atoms. The first kappa shape index (κ1) is 12.7. The summed E-state index contributed by atoms with van der Waals surface area (Å²) in [7, 11) is 0. The second-order valence-electron chi connectivity index (χ2n) is 2.23. The van der Waals surface area contributed by atoms with Crippen LogP contribution in [0.25, 0.3) is 0 Å². The lowest BCUT2D eigenvalue weighted by molar-refractivity contribution is 0.388. The molecule has 0 aliphatic rings. The molecule has 0 heterocycles. The molecule has 0 saturated heterocycles. The summed E-state index contributed by atoms with van der Waals surface area (Å²) < 4.78 is 22.4. The maximum atomic E-state index is 10.6. The average Bonchev–Trinajstić information content (AvgIpc) is 2.04. The second kappa shape index (κ2) is 8.26. The number of nitrogens with zero attached hydrogens (tertiary/aromatic N) is 1. The van der Waals surface area contributed by atoms with E-state index in [-0.39, 0.29) is 0 Å². The largest absolute Gasteiger partial charge is 0.760 e. The van der Waals surface area contributed by atoms with Crippen molar-refractivity contribution in [2.45, 2.75) is 12.8 Å². The molecule has 1 unspecified atom stereocenters. The summed E-state index contributed by atoms with van der Waals surface area (Å²) in [5, 5.41) is 0. The van der Waals surface area contributed by atoms with E-state index < -0.39 is 11.3 Å². The molecule has 0 bridgehead atoms. The number of rotatable bonds is 7. The molecule has 0 fully saturated rings. The van der Waals surface area contributed by atoms with Crippen molar-refractivity contribution in [1.29, 1.82) is 0 Å². The molecule has 0 amide bonds. The monoisotopic (exact) mass is 232 g/mol. The van der Waals surface area contributed by atoms with Crippen molar-refractivity contribution in [3.63, 3.8) is 0 Å². The van der Waals surface area contributed by atoms with Crippen LogP contribution in [-0.4, -0.2) is 37.9 Å². The molecule has 0 aromatic rings. The SMILES string of the molecule is O=S([O-])N(CCCCl)CCCCl. The smallest absolute Gasteiger partial charge is 0.0235 e. The topological polar surface area (TPSA) is 43.4 Å². The van der Waals surface area contributed by atoms with Gasteiger partial charge >= 0.3 is 0 Å². The third-order valence-corrected chi connectivity index (χ3v) is 2.61. The molecule has 0 saturated carbocycles. The molecule has 3 nitrogen and oxygen atoms in total. The van der Waals surface area contributed by atoms with E-state index in [1.54, 1.807) is 0 Å². The lowest BCUT2D eigenvalue weighted by Gasteiger charge is -2.23. The summed E-state index contributed by atoms with van der Waals surface area (Å²) in [6, 6.07) is 0. The molecular formula is C6H12Cl2NO2S-. The first-order valence-electron chi connectivity index (χ1n) is 3.68. The molecule has 0 aliphatic carbocycles. The highest BCUT2D eigenvalue weighted by atomic mass is 35.5.